The van der Waals surface area contributed by atoms with Gasteiger partial charge in [-0.2, -0.15) is 5.10 Å². The minimum absolute atomic E-state index is 0.0919. The van der Waals surface area contributed by atoms with Crippen LogP contribution in [0.4, 0.5) is 5.82 Å². The summed E-state index contributed by atoms with van der Waals surface area (Å²) in [4.78, 5) is 23.8. The van der Waals surface area contributed by atoms with Gasteiger partial charge in [0.25, 0.3) is 5.91 Å². The third-order valence-electron chi connectivity index (χ3n) is 3.93. The van der Waals surface area contributed by atoms with Crippen LogP contribution in [0.1, 0.15) is 20.7 Å². The molecule has 0 bridgehead atoms. The molecule has 8 heteroatoms. The van der Waals surface area contributed by atoms with Crippen molar-refractivity contribution in [1.29, 1.82) is 0 Å². The molecule has 0 aliphatic rings. The van der Waals surface area contributed by atoms with E-state index >= 15 is 0 Å². The van der Waals surface area contributed by atoms with Crippen LogP contribution in [0.25, 0.3) is 11.3 Å². The Bertz CT molecular complexity index is 1030. The van der Waals surface area contributed by atoms with Crippen LogP contribution < -0.4 is 10.1 Å². The molecule has 0 saturated carbocycles. The van der Waals surface area contributed by atoms with Gasteiger partial charge in [0.1, 0.15) is 11.3 Å². The average molecular weight is 386 g/mol. The van der Waals surface area contributed by atoms with Crippen molar-refractivity contribution >= 4 is 29.3 Å². The molecule has 0 spiro atoms. The third kappa shape index (κ3) is 3.93. The van der Waals surface area contributed by atoms with E-state index in [2.05, 4.69) is 10.4 Å². The largest absolute Gasteiger partial charge is 0.496 e. The monoisotopic (exact) mass is 385 g/mol. The summed E-state index contributed by atoms with van der Waals surface area (Å²) in [6.45, 7) is 0. The Balaban J connectivity index is 1.86. The fourth-order valence-electron chi connectivity index (χ4n) is 2.65. The van der Waals surface area contributed by atoms with Crippen LogP contribution >= 0.6 is 11.6 Å². The SMILES string of the molecule is COc1ccc(C(=O)Nc2cc(-c3cccc(Cl)c3)n(C)n2)cc1C(=O)O. The van der Waals surface area contributed by atoms with Crippen molar-refractivity contribution in [2.45, 2.75) is 0 Å². The normalized spacial score (nSPS) is 10.5. The van der Waals surface area contributed by atoms with E-state index in [0.29, 0.717) is 10.8 Å². The quantitative estimate of drug-likeness (QED) is 0.698. The van der Waals surface area contributed by atoms with Gasteiger partial charge in [0.05, 0.1) is 12.8 Å². The molecule has 0 atom stereocenters. The molecule has 3 rings (SSSR count). The summed E-state index contributed by atoms with van der Waals surface area (Å²) in [6.07, 6.45) is 0. The molecule has 0 aliphatic carbocycles. The van der Waals surface area contributed by atoms with Crippen LogP contribution in [0.2, 0.25) is 5.02 Å². The van der Waals surface area contributed by atoms with Crippen LogP contribution in [0, 0.1) is 0 Å². The molecule has 2 N–H and O–H groups in total. The first-order valence-corrected chi connectivity index (χ1v) is 8.29. The van der Waals surface area contributed by atoms with E-state index in [4.69, 9.17) is 16.3 Å². The lowest BCUT2D eigenvalue weighted by Crippen LogP contribution is -2.14. The summed E-state index contributed by atoms with van der Waals surface area (Å²) in [6, 6.07) is 13.2. The van der Waals surface area contributed by atoms with Crippen molar-refractivity contribution < 1.29 is 19.4 Å². The molecule has 1 heterocycles. The van der Waals surface area contributed by atoms with Crippen LogP contribution in [0.3, 0.4) is 0 Å². The highest BCUT2D eigenvalue weighted by Crippen LogP contribution is 2.25. The zero-order chi connectivity index (χ0) is 19.6. The maximum absolute atomic E-state index is 12.5. The predicted molar refractivity (Wildman–Crippen MR) is 102 cm³/mol. The number of aromatic carboxylic acids is 1. The van der Waals surface area contributed by atoms with Gasteiger partial charge in [0.2, 0.25) is 0 Å². The number of carboxylic acid groups (broad SMARTS) is 1. The number of carbonyl (C=O) groups is 2. The Labute approximate surface area is 160 Å². The predicted octanol–water partition coefficient (Wildman–Crippen LogP) is 3.70. The number of carbonyl (C=O) groups excluding carboxylic acids is 1. The number of aromatic nitrogens is 2. The molecule has 27 heavy (non-hydrogen) atoms. The van der Waals surface area contributed by atoms with Crippen LogP contribution in [-0.2, 0) is 7.05 Å². The summed E-state index contributed by atoms with van der Waals surface area (Å²) in [5.41, 5.74) is 1.72. The molecule has 0 radical (unpaired) electrons. The number of carboxylic acids is 1. The lowest BCUT2D eigenvalue weighted by Gasteiger charge is -2.07. The van der Waals surface area contributed by atoms with E-state index in [-0.39, 0.29) is 16.9 Å². The number of methoxy groups -OCH3 is 1. The second kappa shape index (κ2) is 7.51. The van der Waals surface area contributed by atoms with Crippen molar-refractivity contribution in [2.24, 2.45) is 7.05 Å². The van der Waals surface area contributed by atoms with Crippen LogP contribution in [0.15, 0.2) is 48.5 Å². The van der Waals surface area contributed by atoms with Gasteiger partial charge in [-0.1, -0.05) is 23.7 Å². The third-order valence-corrected chi connectivity index (χ3v) is 4.17. The lowest BCUT2D eigenvalue weighted by atomic mass is 10.1. The van der Waals surface area contributed by atoms with Crippen molar-refractivity contribution in [2.75, 3.05) is 12.4 Å². The Kier molecular flexibility index (Phi) is 5.14. The van der Waals surface area contributed by atoms with Crippen molar-refractivity contribution in [1.82, 2.24) is 9.78 Å². The molecule has 0 unspecified atom stereocenters. The summed E-state index contributed by atoms with van der Waals surface area (Å²) in [5.74, 6) is -1.14. The topological polar surface area (TPSA) is 93.5 Å². The Hall–Kier alpha value is -3.32. The van der Waals surface area contributed by atoms with E-state index in [0.717, 1.165) is 11.3 Å². The highest BCUT2D eigenvalue weighted by Gasteiger charge is 2.16. The molecule has 2 aromatic carbocycles. The van der Waals surface area contributed by atoms with Gasteiger partial charge in [-0.3, -0.25) is 9.48 Å². The number of amides is 1. The first-order valence-electron chi connectivity index (χ1n) is 7.91. The Morgan fingerprint density at radius 2 is 1.96 bits per heavy atom. The maximum atomic E-state index is 12.5. The molecule has 3 aromatic rings. The summed E-state index contributed by atoms with van der Waals surface area (Å²) >= 11 is 6.03. The molecule has 0 aliphatic heterocycles. The molecule has 1 amide bonds. The number of halogens is 1. The number of aryl methyl sites for hydroxylation is 1. The van der Waals surface area contributed by atoms with E-state index in [1.54, 1.807) is 29.9 Å². The molecule has 7 nitrogen and oxygen atoms in total. The number of ether oxygens (including phenoxy) is 1. The van der Waals surface area contributed by atoms with E-state index < -0.39 is 11.9 Å². The van der Waals surface area contributed by atoms with Gasteiger partial charge in [0, 0.05) is 29.3 Å². The highest BCUT2D eigenvalue weighted by atomic mass is 35.5. The summed E-state index contributed by atoms with van der Waals surface area (Å²) < 4.78 is 6.62. The average Bonchev–Trinajstić information content (AvgIpc) is 3.01. The Morgan fingerprint density at radius 3 is 2.63 bits per heavy atom. The van der Waals surface area contributed by atoms with Gasteiger partial charge in [-0.05, 0) is 30.3 Å². The number of nitrogens with zero attached hydrogens (tertiary/aromatic N) is 2. The van der Waals surface area contributed by atoms with E-state index in [9.17, 15) is 14.7 Å². The number of nitrogens with one attached hydrogen (secondary N) is 1. The van der Waals surface area contributed by atoms with Gasteiger partial charge in [0.15, 0.2) is 5.82 Å². The molecular formula is C19H16ClN3O4. The van der Waals surface area contributed by atoms with Crippen LogP contribution in [-0.4, -0.2) is 33.9 Å². The van der Waals surface area contributed by atoms with E-state index in [1.807, 2.05) is 12.1 Å². The fourth-order valence-corrected chi connectivity index (χ4v) is 2.84. The zero-order valence-electron chi connectivity index (χ0n) is 14.6. The van der Waals surface area contributed by atoms with Gasteiger partial charge in [-0.25, -0.2) is 4.79 Å². The molecule has 0 fully saturated rings. The van der Waals surface area contributed by atoms with Gasteiger partial charge < -0.3 is 15.2 Å². The minimum Gasteiger partial charge on any atom is -0.496 e. The molecule has 1 aromatic heterocycles. The highest BCUT2D eigenvalue weighted by molar-refractivity contribution is 6.30. The second-order valence-electron chi connectivity index (χ2n) is 5.72. The van der Waals surface area contributed by atoms with Crippen LogP contribution in [0.5, 0.6) is 5.75 Å². The first kappa shape index (κ1) is 18.5. The zero-order valence-corrected chi connectivity index (χ0v) is 15.3. The number of hydrogen-bond donors (Lipinski definition) is 2. The number of benzene rings is 2. The molecule has 0 saturated heterocycles. The summed E-state index contributed by atoms with van der Waals surface area (Å²) in [5, 5.41) is 16.8. The van der Waals surface area contributed by atoms with Gasteiger partial charge in [-0.15, -0.1) is 0 Å². The number of hydrogen-bond acceptors (Lipinski definition) is 4. The molecular weight excluding hydrogens is 370 g/mol. The van der Waals surface area contributed by atoms with Crippen molar-refractivity contribution in [3.8, 4) is 17.0 Å². The standard InChI is InChI=1S/C19H16ClN3O4/c1-23-15(11-4-3-5-13(20)8-11)10-17(22-23)21-18(24)12-6-7-16(27-2)14(9-12)19(25)26/h3-10H,1-2H3,(H,25,26)(H,21,22,24). The van der Waals surface area contributed by atoms with E-state index in [1.165, 1.54) is 25.3 Å². The lowest BCUT2D eigenvalue weighted by molar-refractivity contribution is 0.0693. The second-order valence-corrected chi connectivity index (χ2v) is 6.16. The Morgan fingerprint density at radius 1 is 1.19 bits per heavy atom. The first-order chi connectivity index (χ1) is 12.9. The number of anilines is 1. The van der Waals surface area contributed by atoms with Gasteiger partial charge >= 0.3 is 5.97 Å². The molecule has 138 valence electrons. The fraction of sp³-hybridized carbons (Fsp3) is 0.105. The summed E-state index contributed by atoms with van der Waals surface area (Å²) in [7, 11) is 3.12. The minimum atomic E-state index is -1.18. The van der Waals surface area contributed by atoms with Crippen molar-refractivity contribution in [3.63, 3.8) is 0 Å². The smallest absolute Gasteiger partial charge is 0.339 e. The maximum Gasteiger partial charge on any atom is 0.339 e. The van der Waals surface area contributed by atoms with Crippen molar-refractivity contribution in [3.05, 3.63) is 64.7 Å². The number of rotatable bonds is 5.